The number of ketones is 1. The van der Waals surface area contributed by atoms with E-state index in [1.54, 1.807) is 0 Å². The van der Waals surface area contributed by atoms with Gasteiger partial charge in [0.05, 0.1) is 29.2 Å². The first-order chi connectivity index (χ1) is 10.3. The fraction of sp³-hybridized carbons (Fsp3) is 0.133. The van der Waals surface area contributed by atoms with Crippen LogP contribution >= 0.6 is 11.6 Å². The third-order valence-corrected chi connectivity index (χ3v) is 3.31. The van der Waals surface area contributed by atoms with Crippen LogP contribution in [0.3, 0.4) is 0 Å². The van der Waals surface area contributed by atoms with Gasteiger partial charge < -0.3 is 9.84 Å². The first-order valence-electron chi connectivity index (χ1n) is 6.25. The lowest BCUT2D eigenvalue weighted by atomic mass is 10.1. The van der Waals surface area contributed by atoms with E-state index in [-0.39, 0.29) is 33.6 Å². The van der Waals surface area contributed by atoms with E-state index in [4.69, 9.17) is 21.7 Å². The molecule has 0 saturated heterocycles. The minimum absolute atomic E-state index is 0.00844. The zero-order valence-corrected chi connectivity index (χ0v) is 12.6. The summed E-state index contributed by atoms with van der Waals surface area (Å²) in [5.41, 5.74) is 0.206. The van der Waals surface area contributed by atoms with E-state index < -0.39 is 11.7 Å². The van der Waals surface area contributed by atoms with E-state index in [0.29, 0.717) is 0 Å². The van der Waals surface area contributed by atoms with Crippen molar-refractivity contribution in [3.8, 4) is 5.75 Å². The summed E-state index contributed by atoms with van der Waals surface area (Å²) in [7, 11) is 1.35. The molecule has 2 rings (SSSR count). The second-order valence-corrected chi connectivity index (χ2v) is 4.92. The summed E-state index contributed by atoms with van der Waals surface area (Å²) in [4.78, 5) is 25.3. The van der Waals surface area contributed by atoms with Gasteiger partial charge in [-0.15, -0.1) is 0 Å². The molecule has 7 heteroatoms. The number of phenols is 1. The molecule has 22 heavy (non-hydrogen) atoms. The predicted molar refractivity (Wildman–Crippen MR) is 82.2 cm³/mol. The highest BCUT2D eigenvalue weighted by molar-refractivity contribution is 6.35. The van der Waals surface area contributed by atoms with Crippen molar-refractivity contribution in [1.82, 2.24) is 0 Å². The van der Waals surface area contributed by atoms with E-state index in [1.165, 1.54) is 38.3 Å². The number of anilines is 1. The lowest BCUT2D eigenvalue weighted by Crippen LogP contribution is -2.34. The smallest absolute Gasteiger partial charge is 0.228 e. The first kappa shape index (κ1) is 15.8. The number of ether oxygens (including phenoxy) is 1. The van der Waals surface area contributed by atoms with Gasteiger partial charge in [-0.1, -0.05) is 11.6 Å². The molecule has 1 aromatic carbocycles. The molecular formula is C15H13ClN2O4. The number of hydrogen-bond donors (Lipinski definition) is 2. The molecule has 1 aromatic rings. The molecule has 2 N–H and O–H groups in total. The summed E-state index contributed by atoms with van der Waals surface area (Å²) >= 11 is 6.04. The van der Waals surface area contributed by atoms with E-state index in [2.05, 4.69) is 0 Å². The second-order valence-electron chi connectivity index (χ2n) is 4.51. The summed E-state index contributed by atoms with van der Waals surface area (Å²) in [6, 6.07) is 4.04. The molecule has 0 bridgehead atoms. The molecule has 0 saturated carbocycles. The number of amides is 1. The number of nitrogens with zero attached hydrogens (tertiary/aromatic N) is 1. The number of carbonyl (C=O) groups is 2. The van der Waals surface area contributed by atoms with Crippen molar-refractivity contribution < 1.29 is 19.4 Å². The van der Waals surface area contributed by atoms with Crippen molar-refractivity contribution in [3.63, 3.8) is 0 Å². The maximum atomic E-state index is 12.2. The Labute approximate surface area is 131 Å². The van der Waals surface area contributed by atoms with Gasteiger partial charge in [-0.25, -0.2) is 0 Å². The number of benzene rings is 1. The molecule has 1 amide bonds. The van der Waals surface area contributed by atoms with Crippen molar-refractivity contribution in [1.29, 1.82) is 5.41 Å². The molecule has 0 radical (unpaired) electrons. The molecular weight excluding hydrogens is 308 g/mol. The molecule has 0 aromatic heterocycles. The quantitative estimate of drug-likeness (QED) is 0.837. The Bertz CT molecular complexity index is 737. The van der Waals surface area contributed by atoms with E-state index in [0.717, 1.165) is 11.0 Å². The summed E-state index contributed by atoms with van der Waals surface area (Å²) < 4.78 is 4.92. The van der Waals surface area contributed by atoms with Crippen LogP contribution in [-0.4, -0.2) is 29.6 Å². The number of hydrogen-bond acceptors (Lipinski definition) is 5. The van der Waals surface area contributed by atoms with Crippen LogP contribution < -0.4 is 4.90 Å². The molecule has 0 atom stereocenters. The summed E-state index contributed by atoms with van der Waals surface area (Å²) in [5.74, 6) is -0.869. The standard InChI is InChI=1S/C15H13ClN2O4/c1-8(19)18(12-4-3-9(20)5-10(12)16)13-6-11(17)15(22-2)7-14(13)21/h3-7,17,20H,1-2H3. The van der Waals surface area contributed by atoms with E-state index in [1.807, 2.05) is 0 Å². The number of carbonyl (C=O) groups excluding carboxylic acids is 2. The van der Waals surface area contributed by atoms with Crippen molar-refractivity contribution in [2.24, 2.45) is 0 Å². The van der Waals surface area contributed by atoms with Crippen LogP contribution in [0.1, 0.15) is 6.92 Å². The number of allylic oxidation sites excluding steroid dienone is 2. The summed E-state index contributed by atoms with van der Waals surface area (Å²) in [5, 5.41) is 17.3. The zero-order chi connectivity index (χ0) is 16.4. The van der Waals surface area contributed by atoms with Gasteiger partial charge in [0.2, 0.25) is 11.7 Å². The molecule has 0 aliphatic heterocycles. The third-order valence-electron chi connectivity index (χ3n) is 3.01. The molecule has 1 aliphatic rings. The number of halogens is 1. The van der Waals surface area contributed by atoms with E-state index in [9.17, 15) is 14.7 Å². The predicted octanol–water partition coefficient (Wildman–Crippen LogP) is 2.42. The van der Waals surface area contributed by atoms with Crippen LogP contribution in [-0.2, 0) is 14.3 Å². The average Bonchev–Trinajstić information content (AvgIpc) is 2.44. The molecule has 0 spiro atoms. The van der Waals surface area contributed by atoms with Crippen LogP contribution in [0.4, 0.5) is 5.69 Å². The normalized spacial score (nSPS) is 14.3. The first-order valence-corrected chi connectivity index (χ1v) is 6.62. The van der Waals surface area contributed by atoms with Gasteiger partial charge in [0.25, 0.3) is 0 Å². The Morgan fingerprint density at radius 1 is 1.36 bits per heavy atom. The Morgan fingerprint density at radius 2 is 2.05 bits per heavy atom. The largest absolute Gasteiger partial charge is 0.508 e. The zero-order valence-electron chi connectivity index (χ0n) is 11.9. The minimum atomic E-state index is -0.479. The molecule has 0 fully saturated rings. The highest BCUT2D eigenvalue weighted by atomic mass is 35.5. The Hall–Kier alpha value is -2.60. The lowest BCUT2D eigenvalue weighted by molar-refractivity contribution is -0.118. The maximum Gasteiger partial charge on any atom is 0.228 e. The Morgan fingerprint density at radius 3 is 2.59 bits per heavy atom. The molecule has 1 aliphatic carbocycles. The van der Waals surface area contributed by atoms with Crippen LogP contribution in [0.5, 0.6) is 5.75 Å². The lowest BCUT2D eigenvalue weighted by Gasteiger charge is -2.25. The second kappa shape index (κ2) is 6.03. The number of aromatic hydroxyl groups is 1. The SMILES string of the molecule is COC1=CC(=O)C(N(C(C)=O)c2ccc(O)cc2Cl)=CC1=N. The third kappa shape index (κ3) is 2.87. The summed E-state index contributed by atoms with van der Waals surface area (Å²) in [6.45, 7) is 1.27. The number of rotatable bonds is 3. The highest BCUT2D eigenvalue weighted by Gasteiger charge is 2.28. The van der Waals surface area contributed by atoms with Crippen LogP contribution in [0, 0.1) is 5.41 Å². The fourth-order valence-electron chi connectivity index (χ4n) is 2.04. The van der Waals surface area contributed by atoms with Gasteiger partial charge in [-0.3, -0.25) is 19.9 Å². The molecule has 0 heterocycles. The number of phenolic OH excluding ortho intramolecular Hbond substituents is 1. The molecule has 6 nitrogen and oxygen atoms in total. The summed E-state index contributed by atoms with van der Waals surface area (Å²) in [6.07, 6.45) is 2.38. The molecule has 114 valence electrons. The van der Waals surface area contributed by atoms with Crippen molar-refractivity contribution in [3.05, 3.63) is 46.8 Å². The fourth-order valence-corrected chi connectivity index (χ4v) is 2.30. The Balaban J connectivity index is 2.52. The number of methoxy groups -OCH3 is 1. The van der Waals surface area contributed by atoms with Gasteiger partial charge in [0.15, 0.2) is 0 Å². The van der Waals surface area contributed by atoms with Crippen molar-refractivity contribution >= 4 is 34.7 Å². The van der Waals surface area contributed by atoms with Gasteiger partial charge >= 0.3 is 0 Å². The Kier molecular flexibility index (Phi) is 4.32. The highest BCUT2D eigenvalue weighted by Crippen LogP contribution is 2.33. The van der Waals surface area contributed by atoms with Gasteiger partial charge in [0.1, 0.15) is 11.5 Å². The molecule has 0 unspecified atom stereocenters. The van der Waals surface area contributed by atoms with Crippen LogP contribution in [0.2, 0.25) is 5.02 Å². The van der Waals surface area contributed by atoms with Gasteiger partial charge in [0, 0.05) is 19.1 Å². The monoisotopic (exact) mass is 320 g/mol. The van der Waals surface area contributed by atoms with Gasteiger partial charge in [-0.05, 0) is 18.2 Å². The average molecular weight is 321 g/mol. The van der Waals surface area contributed by atoms with Gasteiger partial charge in [-0.2, -0.15) is 0 Å². The topological polar surface area (TPSA) is 90.7 Å². The number of nitrogens with one attached hydrogen (secondary N) is 1. The van der Waals surface area contributed by atoms with E-state index >= 15 is 0 Å². The van der Waals surface area contributed by atoms with Crippen LogP contribution in [0.15, 0.2) is 41.8 Å². The van der Waals surface area contributed by atoms with Crippen LogP contribution in [0.25, 0.3) is 0 Å². The maximum absolute atomic E-state index is 12.2. The van der Waals surface area contributed by atoms with Crippen molar-refractivity contribution in [2.75, 3.05) is 12.0 Å². The minimum Gasteiger partial charge on any atom is -0.508 e. The van der Waals surface area contributed by atoms with Crippen molar-refractivity contribution in [2.45, 2.75) is 6.92 Å².